The van der Waals surface area contributed by atoms with E-state index in [9.17, 15) is 22.4 Å². The molecule has 0 aromatic heterocycles. The lowest BCUT2D eigenvalue weighted by Crippen LogP contribution is -2.39. The van der Waals surface area contributed by atoms with Gasteiger partial charge >= 0.3 is 0 Å². The van der Waals surface area contributed by atoms with Crippen molar-refractivity contribution in [2.24, 2.45) is 5.10 Å². The van der Waals surface area contributed by atoms with E-state index in [2.05, 4.69) is 15.8 Å². The van der Waals surface area contributed by atoms with Gasteiger partial charge in [0, 0.05) is 11.8 Å². The van der Waals surface area contributed by atoms with Crippen LogP contribution in [0.15, 0.2) is 101 Å². The topological polar surface area (TPSA) is 136 Å². The van der Waals surface area contributed by atoms with Gasteiger partial charge in [0.15, 0.2) is 18.1 Å². The molecule has 13 heteroatoms. The predicted molar refractivity (Wildman–Crippen MR) is 168 cm³/mol. The van der Waals surface area contributed by atoms with Crippen LogP contribution < -0.4 is 29.3 Å². The number of halogens is 1. The molecule has 4 rings (SSSR count). The maximum atomic E-state index is 13.6. The largest absolute Gasteiger partial charge is 0.493 e. The van der Waals surface area contributed by atoms with Crippen molar-refractivity contribution in [1.82, 2.24) is 5.43 Å². The highest BCUT2D eigenvalue weighted by Crippen LogP contribution is 2.33. The third-order valence-corrected chi connectivity index (χ3v) is 8.12. The first-order chi connectivity index (χ1) is 21.6. The summed E-state index contributed by atoms with van der Waals surface area (Å²) in [6.45, 7) is 1.00. The van der Waals surface area contributed by atoms with Crippen LogP contribution in [0.4, 0.5) is 15.8 Å². The smallest absolute Gasteiger partial charge is 0.264 e. The van der Waals surface area contributed by atoms with Crippen LogP contribution in [-0.2, 0) is 19.6 Å². The minimum Gasteiger partial charge on any atom is -0.493 e. The van der Waals surface area contributed by atoms with E-state index in [4.69, 9.17) is 14.2 Å². The molecule has 2 N–H and O–H groups in total. The highest BCUT2D eigenvalue weighted by molar-refractivity contribution is 7.92. The number of nitrogens with one attached hydrogen (secondary N) is 2. The number of hydrazone groups is 1. The Labute approximate surface area is 260 Å². The van der Waals surface area contributed by atoms with Crippen LogP contribution in [0.2, 0.25) is 0 Å². The monoisotopic (exact) mass is 634 g/mol. The Bertz CT molecular complexity index is 1760. The summed E-state index contributed by atoms with van der Waals surface area (Å²) >= 11 is 0. The molecule has 0 heterocycles. The van der Waals surface area contributed by atoms with Gasteiger partial charge in [-0.05, 0) is 85.3 Å². The molecule has 45 heavy (non-hydrogen) atoms. The Morgan fingerprint density at radius 2 is 1.53 bits per heavy atom. The summed E-state index contributed by atoms with van der Waals surface area (Å²) in [7, 11) is -1.27. The first-order valence-corrected chi connectivity index (χ1v) is 14.9. The summed E-state index contributed by atoms with van der Waals surface area (Å²) in [5.74, 6) is -0.413. The molecule has 0 spiro atoms. The van der Waals surface area contributed by atoms with Crippen LogP contribution in [0, 0.1) is 12.7 Å². The molecule has 0 aliphatic carbocycles. The fourth-order valence-corrected chi connectivity index (χ4v) is 5.42. The number of ether oxygens (including phenoxy) is 3. The van der Waals surface area contributed by atoms with Crippen molar-refractivity contribution in [2.75, 3.05) is 37.0 Å². The second-order valence-electron chi connectivity index (χ2n) is 9.57. The quantitative estimate of drug-likeness (QED) is 0.163. The van der Waals surface area contributed by atoms with Gasteiger partial charge in [0.05, 0.1) is 31.0 Å². The number of rotatable bonds is 13. The maximum absolute atomic E-state index is 13.6. The van der Waals surface area contributed by atoms with Gasteiger partial charge in [0.2, 0.25) is 0 Å². The van der Waals surface area contributed by atoms with Gasteiger partial charge in [-0.1, -0.05) is 17.7 Å². The molecule has 0 saturated carbocycles. The summed E-state index contributed by atoms with van der Waals surface area (Å²) in [6.07, 6.45) is 1.37. The van der Waals surface area contributed by atoms with Crippen molar-refractivity contribution in [3.8, 4) is 17.2 Å². The van der Waals surface area contributed by atoms with Crippen molar-refractivity contribution >= 4 is 39.4 Å². The molecular weight excluding hydrogens is 603 g/mol. The summed E-state index contributed by atoms with van der Waals surface area (Å²) < 4.78 is 57.3. The number of methoxy groups -OCH3 is 2. The van der Waals surface area contributed by atoms with E-state index in [0.717, 1.165) is 9.87 Å². The lowest BCUT2D eigenvalue weighted by molar-refractivity contribution is -0.119. The maximum Gasteiger partial charge on any atom is 0.264 e. The molecule has 0 fully saturated rings. The minimum absolute atomic E-state index is 0.00873. The van der Waals surface area contributed by atoms with E-state index >= 15 is 0 Å². The number of hydrogen-bond donors (Lipinski definition) is 2. The highest BCUT2D eigenvalue weighted by atomic mass is 32.2. The van der Waals surface area contributed by atoms with Crippen LogP contribution in [0.1, 0.15) is 11.1 Å². The zero-order valence-electron chi connectivity index (χ0n) is 24.7. The number of carbonyl (C=O) groups is 2. The molecule has 0 atom stereocenters. The molecule has 0 aliphatic rings. The molecule has 4 aromatic rings. The van der Waals surface area contributed by atoms with Crippen molar-refractivity contribution in [1.29, 1.82) is 0 Å². The van der Waals surface area contributed by atoms with Gasteiger partial charge in [0.1, 0.15) is 18.1 Å². The number of sulfonamides is 1. The Kier molecular flexibility index (Phi) is 10.7. The fraction of sp³-hybridized carbons (Fsp3) is 0.156. The lowest BCUT2D eigenvalue weighted by atomic mass is 10.2. The molecule has 2 amide bonds. The average Bonchev–Trinajstić information content (AvgIpc) is 3.04. The zero-order chi connectivity index (χ0) is 32.4. The standard InChI is InChI=1S/C32H31FN4O7S/c1-22-4-15-28(16-5-22)45(40,41)37(26-12-17-29(42-2)30(18-26)43-3)20-31(38)36-34-19-23-6-13-27(14-7-23)44-21-32(39)35-25-10-8-24(33)9-11-25/h4-19H,20-21H2,1-3H3,(H,35,39)(H,36,38). The minimum atomic E-state index is -4.16. The van der Waals surface area contributed by atoms with Gasteiger partial charge in [-0.25, -0.2) is 18.2 Å². The number of hydrogen-bond acceptors (Lipinski definition) is 8. The van der Waals surface area contributed by atoms with Crippen LogP contribution in [-0.4, -0.2) is 53.8 Å². The molecule has 0 saturated heterocycles. The summed E-state index contributed by atoms with van der Waals surface area (Å²) in [4.78, 5) is 25.0. The van der Waals surface area contributed by atoms with E-state index < -0.39 is 34.2 Å². The fourth-order valence-electron chi connectivity index (χ4n) is 4.01. The molecular formula is C32H31FN4O7S. The summed E-state index contributed by atoms with van der Waals surface area (Å²) in [6, 6.07) is 22.7. The van der Waals surface area contributed by atoms with Gasteiger partial charge in [0.25, 0.3) is 21.8 Å². The van der Waals surface area contributed by atoms with E-state index in [1.54, 1.807) is 42.5 Å². The number of amides is 2. The number of anilines is 2. The molecule has 4 aromatic carbocycles. The Balaban J connectivity index is 1.39. The number of benzene rings is 4. The summed E-state index contributed by atoms with van der Waals surface area (Å²) in [5, 5.41) is 6.55. The van der Waals surface area contributed by atoms with E-state index in [1.807, 2.05) is 6.92 Å². The number of carbonyl (C=O) groups excluding carboxylic acids is 2. The molecule has 0 unspecified atom stereocenters. The van der Waals surface area contributed by atoms with Crippen LogP contribution in [0.5, 0.6) is 17.2 Å². The summed E-state index contributed by atoms with van der Waals surface area (Å²) in [5.41, 5.74) is 4.47. The molecule has 0 bridgehead atoms. The second-order valence-corrected chi connectivity index (χ2v) is 11.4. The van der Waals surface area contributed by atoms with Gasteiger partial charge in [-0.2, -0.15) is 5.10 Å². The first kappa shape index (κ1) is 32.5. The van der Waals surface area contributed by atoms with E-state index in [0.29, 0.717) is 28.5 Å². The van der Waals surface area contributed by atoms with Crippen LogP contribution in [0.3, 0.4) is 0 Å². The van der Waals surface area contributed by atoms with Crippen molar-refractivity contribution in [3.05, 3.63) is 108 Å². The van der Waals surface area contributed by atoms with Crippen molar-refractivity contribution < 1.29 is 36.6 Å². The predicted octanol–water partition coefficient (Wildman–Crippen LogP) is 4.51. The Hall–Kier alpha value is -5.43. The molecule has 11 nitrogen and oxygen atoms in total. The third-order valence-electron chi connectivity index (χ3n) is 6.33. The SMILES string of the molecule is COc1ccc(N(CC(=O)NN=Cc2ccc(OCC(=O)Nc3ccc(F)cc3)cc2)S(=O)(=O)c2ccc(C)cc2)cc1OC. The van der Waals surface area contributed by atoms with Crippen LogP contribution >= 0.6 is 0 Å². The zero-order valence-corrected chi connectivity index (χ0v) is 25.5. The van der Waals surface area contributed by atoms with Gasteiger partial charge < -0.3 is 19.5 Å². The van der Waals surface area contributed by atoms with E-state index in [1.165, 1.54) is 69.0 Å². The average molecular weight is 635 g/mol. The first-order valence-electron chi connectivity index (χ1n) is 13.5. The third kappa shape index (κ3) is 8.80. The lowest BCUT2D eigenvalue weighted by Gasteiger charge is -2.24. The van der Waals surface area contributed by atoms with Crippen LogP contribution in [0.25, 0.3) is 0 Å². The normalized spacial score (nSPS) is 11.1. The highest BCUT2D eigenvalue weighted by Gasteiger charge is 2.28. The van der Waals surface area contributed by atoms with Gasteiger partial charge in [-0.15, -0.1) is 0 Å². The Morgan fingerprint density at radius 3 is 2.18 bits per heavy atom. The Morgan fingerprint density at radius 1 is 0.867 bits per heavy atom. The number of aryl methyl sites for hydroxylation is 1. The molecule has 0 aliphatic heterocycles. The second kappa shape index (κ2) is 14.8. The van der Waals surface area contributed by atoms with Crippen molar-refractivity contribution in [3.63, 3.8) is 0 Å². The molecule has 234 valence electrons. The van der Waals surface area contributed by atoms with Crippen molar-refractivity contribution in [2.45, 2.75) is 11.8 Å². The number of nitrogens with zero attached hydrogens (tertiary/aromatic N) is 2. The van der Waals surface area contributed by atoms with E-state index in [-0.39, 0.29) is 17.2 Å². The molecule has 0 radical (unpaired) electrons. The van der Waals surface area contributed by atoms with Gasteiger partial charge in [-0.3, -0.25) is 13.9 Å².